The fourth-order valence-corrected chi connectivity index (χ4v) is 3.50. The summed E-state index contributed by atoms with van der Waals surface area (Å²) in [6.07, 6.45) is 0.670. The summed E-state index contributed by atoms with van der Waals surface area (Å²) in [5, 5.41) is 12.5. The first-order chi connectivity index (χ1) is 13.1. The van der Waals surface area contributed by atoms with E-state index in [1.807, 2.05) is 62.5 Å². The molecule has 4 nitrogen and oxygen atoms in total. The van der Waals surface area contributed by atoms with E-state index in [1.165, 1.54) is 0 Å². The summed E-state index contributed by atoms with van der Waals surface area (Å²) in [6.45, 7) is 2.49. The van der Waals surface area contributed by atoms with E-state index in [9.17, 15) is 9.90 Å². The second-order valence-electron chi connectivity index (χ2n) is 6.78. The molecule has 1 aromatic heterocycles. The molecule has 0 atom stereocenters. The highest BCUT2D eigenvalue weighted by atomic mass is 16.3. The number of hydrogen-bond acceptors (Lipinski definition) is 3. The van der Waals surface area contributed by atoms with Gasteiger partial charge >= 0.3 is 0 Å². The molecule has 0 radical (unpaired) electrons. The number of carbonyl (C=O) groups is 1. The second kappa shape index (κ2) is 6.80. The van der Waals surface area contributed by atoms with Crippen molar-refractivity contribution in [3.63, 3.8) is 0 Å². The number of hydrogen-bond donors (Lipinski definition) is 1. The van der Waals surface area contributed by atoms with Crippen molar-refractivity contribution in [3.05, 3.63) is 77.6 Å². The van der Waals surface area contributed by atoms with Crippen LogP contribution in [0.3, 0.4) is 0 Å². The van der Waals surface area contributed by atoms with E-state index >= 15 is 0 Å². The maximum atomic E-state index is 13.1. The van der Waals surface area contributed by atoms with Gasteiger partial charge < -0.3 is 14.4 Å². The van der Waals surface area contributed by atoms with E-state index in [-0.39, 0.29) is 11.7 Å². The number of fused-ring (bicyclic) bond motifs is 2. The predicted molar refractivity (Wildman–Crippen MR) is 107 cm³/mol. The van der Waals surface area contributed by atoms with Crippen LogP contribution in [0.15, 0.2) is 65.1 Å². The van der Waals surface area contributed by atoms with E-state index in [0.29, 0.717) is 18.5 Å². The van der Waals surface area contributed by atoms with E-state index < -0.39 is 0 Å². The summed E-state index contributed by atoms with van der Waals surface area (Å²) in [5.74, 6) is 0.936. The van der Waals surface area contributed by atoms with Crippen LogP contribution in [-0.4, -0.2) is 23.0 Å². The highest BCUT2D eigenvalue weighted by molar-refractivity contribution is 6.07. The molecule has 0 spiro atoms. The summed E-state index contributed by atoms with van der Waals surface area (Å²) in [6, 6.07) is 19.0. The normalized spacial score (nSPS) is 11.2. The number of rotatable bonds is 4. The van der Waals surface area contributed by atoms with Crippen LogP contribution in [0.25, 0.3) is 21.7 Å². The number of amides is 1. The van der Waals surface area contributed by atoms with Gasteiger partial charge in [-0.25, -0.2) is 0 Å². The molecule has 0 bridgehead atoms. The van der Waals surface area contributed by atoms with Crippen molar-refractivity contribution in [1.29, 1.82) is 0 Å². The van der Waals surface area contributed by atoms with Gasteiger partial charge in [0.15, 0.2) is 0 Å². The maximum Gasteiger partial charge on any atom is 0.258 e. The average Bonchev–Trinajstić information content (AvgIpc) is 3.06. The molecule has 136 valence electrons. The van der Waals surface area contributed by atoms with Crippen LogP contribution >= 0.6 is 0 Å². The first-order valence-corrected chi connectivity index (χ1v) is 9.04. The number of furan rings is 1. The Morgan fingerprint density at radius 3 is 2.59 bits per heavy atom. The van der Waals surface area contributed by atoms with E-state index in [2.05, 4.69) is 0 Å². The molecule has 3 aromatic carbocycles. The van der Waals surface area contributed by atoms with Crippen molar-refractivity contribution in [2.24, 2.45) is 0 Å². The number of aromatic hydroxyl groups is 1. The molecule has 4 aromatic rings. The number of phenolic OH excluding ortho intramolecular Hbond substituents is 1. The van der Waals surface area contributed by atoms with Crippen molar-refractivity contribution in [2.45, 2.75) is 19.9 Å². The summed E-state index contributed by atoms with van der Waals surface area (Å²) in [5.41, 5.74) is 2.44. The Kier molecular flexibility index (Phi) is 4.32. The largest absolute Gasteiger partial charge is 0.508 e. The van der Waals surface area contributed by atoms with Gasteiger partial charge in [-0.3, -0.25) is 4.79 Å². The lowest BCUT2D eigenvalue weighted by molar-refractivity contribution is 0.0784. The Morgan fingerprint density at radius 2 is 1.78 bits per heavy atom. The zero-order valence-corrected chi connectivity index (χ0v) is 15.4. The van der Waals surface area contributed by atoms with Crippen molar-refractivity contribution in [1.82, 2.24) is 4.90 Å². The van der Waals surface area contributed by atoms with Gasteiger partial charge in [-0.15, -0.1) is 0 Å². The average molecular weight is 359 g/mol. The summed E-state index contributed by atoms with van der Waals surface area (Å²) in [4.78, 5) is 14.9. The molecule has 4 heteroatoms. The first kappa shape index (κ1) is 17.2. The Balaban J connectivity index is 1.64. The predicted octanol–water partition coefficient (Wildman–Crippen LogP) is 5.13. The lowest BCUT2D eigenvalue weighted by atomic mass is 10.1. The monoisotopic (exact) mass is 359 g/mol. The second-order valence-corrected chi connectivity index (χ2v) is 6.78. The Hall–Kier alpha value is -3.27. The van der Waals surface area contributed by atoms with Crippen molar-refractivity contribution in [3.8, 4) is 5.75 Å². The number of carbonyl (C=O) groups excluding carboxylic acids is 1. The molecule has 0 aliphatic rings. The summed E-state index contributed by atoms with van der Waals surface area (Å²) < 4.78 is 5.87. The minimum absolute atomic E-state index is 0.0393. The van der Waals surface area contributed by atoms with Crippen LogP contribution in [0.2, 0.25) is 0 Å². The number of benzene rings is 3. The lowest BCUT2D eigenvalue weighted by Gasteiger charge is -2.18. The smallest absolute Gasteiger partial charge is 0.258 e. The topological polar surface area (TPSA) is 53.7 Å². The molecular formula is C23H21NO3. The van der Waals surface area contributed by atoms with Crippen LogP contribution in [0.1, 0.15) is 28.6 Å². The molecule has 27 heavy (non-hydrogen) atoms. The SMILES string of the molecule is CCc1oc2ccccc2c1C(=O)N(C)Cc1ccc2cc(O)ccc2c1. The third-order valence-electron chi connectivity index (χ3n) is 4.86. The zero-order chi connectivity index (χ0) is 19.0. The van der Waals surface area contributed by atoms with Crippen molar-refractivity contribution >= 4 is 27.6 Å². The molecular weight excluding hydrogens is 338 g/mol. The molecule has 0 saturated carbocycles. The fourth-order valence-electron chi connectivity index (χ4n) is 3.50. The molecule has 1 heterocycles. The number of para-hydroxylation sites is 1. The van der Waals surface area contributed by atoms with Crippen LogP contribution in [-0.2, 0) is 13.0 Å². The van der Waals surface area contributed by atoms with Gasteiger partial charge in [0.25, 0.3) is 5.91 Å². The summed E-state index contributed by atoms with van der Waals surface area (Å²) >= 11 is 0. The minimum atomic E-state index is -0.0393. The Labute approximate surface area is 157 Å². The fraction of sp³-hybridized carbons (Fsp3) is 0.174. The van der Waals surface area contributed by atoms with Crippen LogP contribution in [0.4, 0.5) is 0 Å². The third-order valence-corrected chi connectivity index (χ3v) is 4.86. The highest BCUT2D eigenvalue weighted by Gasteiger charge is 2.22. The van der Waals surface area contributed by atoms with Crippen molar-refractivity contribution < 1.29 is 14.3 Å². The molecule has 1 N–H and O–H groups in total. The molecule has 0 aliphatic heterocycles. The van der Waals surface area contributed by atoms with Crippen molar-refractivity contribution in [2.75, 3.05) is 7.05 Å². The lowest BCUT2D eigenvalue weighted by Crippen LogP contribution is -2.26. The number of aryl methyl sites for hydroxylation is 1. The Bertz CT molecular complexity index is 1140. The van der Waals surface area contributed by atoms with Gasteiger partial charge in [0.1, 0.15) is 17.1 Å². The molecule has 4 rings (SSSR count). The molecule has 0 unspecified atom stereocenters. The summed E-state index contributed by atoms with van der Waals surface area (Å²) in [7, 11) is 1.81. The maximum absolute atomic E-state index is 13.1. The zero-order valence-electron chi connectivity index (χ0n) is 15.4. The molecule has 0 fully saturated rings. The third kappa shape index (κ3) is 3.14. The van der Waals surface area contributed by atoms with Gasteiger partial charge in [-0.2, -0.15) is 0 Å². The van der Waals surface area contributed by atoms with Gasteiger partial charge in [0.2, 0.25) is 0 Å². The molecule has 1 amide bonds. The van der Waals surface area contributed by atoms with Crippen LogP contribution in [0.5, 0.6) is 5.75 Å². The number of nitrogens with zero attached hydrogens (tertiary/aromatic N) is 1. The number of phenols is 1. The van der Waals surface area contributed by atoms with Crippen LogP contribution in [0, 0.1) is 0 Å². The minimum Gasteiger partial charge on any atom is -0.508 e. The Morgan fingerprint density at radius 1 is 1.04 bits per heavy atom. The van der Waals surface area contributed by atoms with E-state index in [4.69, 9.17) is 4.42 Å². The van der Waals surface area contributed by atoms with Gasteiger partial charge in [-0.1, -0.05) is 43.3 Å². The van der Waals surface area contributed by atoms with E-state index in [0.717, 1.165) is 33.1 Å². The first-order valence-electron chi connectivity index (χ1n) is 9.04. The van der Waals surface area contributed by atoms with Gasteiger partial charge in [0, 0.05) is 25.4 Å². The molecule has 0 aliphatic carbocycles. The van der Waals surface area contributed by atoms with Crippen LogP contribution < -0.4 is 0 Å². The highest BCUT2D eigenvalue weighted by Crippen LogP contribution is 2.28. The van der Waals surface area contributed by atoms with Gasteiger partial charge in [-0.05, 0) is 40.6 Å². The standard InChI is InChI=1S/C23H21NO3/c1-3-20-22(19-6-4-5-7-21(19)27-20)23(26)24(2)14-15-8-9-17-13-18(25)11-10-16(17)12-15/h4-13,25H,3,14H2,1-2H3. The van der Waals surface area contributed by atoms with E-state index in [1.54, 1.807) is 17.0 Å². The molecule has 0 saturated heterocycles. The van der Waals surface area contributed by atoms with Gasteiger partial charge in [0.05, 0.1) is 5.56 Å². The quantitative estimate of drug-likeness (QED) is 0.550.